The van der Waals surface area contributed by atoms with Crippen molar-refractivity contribution in [3.8, 4) is 0 Å². The molecular formula is C17H15O. The van der Waals surface area contributed by atoms with E-state index in [1.54, 1.807) is 0 Å². The molecule has 0 bridgehead atoms. The highest BCUT2D eigenvalue weighted by Gasteiger charge is 2.04. The average Bonchev–Trinajstić information content (AvgIpc) is 2.45. The Morgan fingerprint density at radius 1 is 0.944 bits per heavy atom. The third kappa shape index (κ3) is 3.70. The monoisotopic (exact) mass is 235 g/mol. The van der Waals surface area contributed by atoms with E-state index in [1.807, 2.05) is 72.8 Å². The van der Waals surface area contributed by atoms with Crippen LogP contribution in [0.3, 0.4) is 0 Å². The van der Waals surface area contributed by atoms with Gasteiger partial charge in [0.25, 0.3) is 0 Å². The molecule has 2 aromatic carbocycles. The second kappa shape index (κ2) is 6.55. The molecule has 0 saturated heterocycles. The van der Waals surface area contributed by atoms with Crippen molar-refractivity contribution in [1.29, 1.82) is 0 Å². The summed E-state index contributed by atoms with van der Waals surface area (Å²) in [6, 6.07) is 20.0. The summed E-state index contributed by atoms with van der Waals surface area (Å²) in [5, 5.41) is 0. The summed E-state index contributed by atoms with van der Waals surface area (Å²) in [5.74, 6) is -0.187. The molecule has 89 valence electrons. The Labute approximate surface area is 108 Å². The maximum absolute atomic E-state index is 11.0. The largest absolute Gasteiger partial charge is 0.290 e. The second-order valence-corrected chi connectivity index (χ2v) is 4.18. The highest BCUT2D eigenvalue weighted by molar-refractivity contribution is 5.62. The molecule has 1 atom stereocenters. The Morgan fingerprint density at radius 3 is 2.17 bits per heavy atom. The highest BCUT2D eigenvalue weighted by Crippen LogP contribution is 2.10. The van der Waals surface area contributed by atoms with E-state index in [1.165, 1.54) is 0 Å². The van der Waals surface area contributed by atoms with E-state index < -0.39 is 0 Å². The van der Waals surface area contributed by atoms with Gasteiger partial charge in [-0.3, -0.25) is 4.79 Å². The quantitative estimate of drug-likeness (QED) is 0.772. The van der Waals surface area contributed by atoms with Gasteiger partial charge in [0, 0.05) is 5.92 Å². The molecule has 0 N–H and O–H groups in total. The van der Waals surface area contributed by atoms with E-state index in [0.29, 0.717) is 6.42 Å². The van der Waals surface area contributed by atoms with Crippen LogP contribution in [-0.2, 0) is 11.2 Å². The zero-order chi connectivity index (χ0) is 12.6. The first-order valence-corrected chi connectivity index (χ1v) is 6.03. The van der Waals surface area contributed by atoms with Crippen molar-refractivity contribution in [2.24, 2.45) is 5.92 Å². The Hall–Kier alpha value is -2.15. The molecule has 0 fully saturated rings. The standard InChI is InChI=1S/C17H15O/c18-14-17(13-16-9-5-2-6-10-16)12-11-15-7-3-1-4-8-15/h1-12,17H,13H2/b12-11+. The molecule has 0 aromatic heterocycles. The Kier molecular flexibility index (Phi) is 4.48. The number of carbonyl (C=O) groups excluding carboxylic acids is 1. The maximum Gasteiger partial charge on any atom is 0.206 e. The maximum atomic E-state index is 11.0. The summed E-state index contributed by atoms with van der Waals surface area (Å²) in [5.41, 5.74) is 2.26. The molecule has 1 heteroatoms. The van der Waals surface area contributed by atoms with Crippen molar-refractivity contribution in [3.05, 3.63) is 77.9 Å². The van der Waals surface area contributed by atoms with E-state index >= 15 is 0 Å². The van der Waals surface area contributed by atoms with E-state index in [0.717, 1.165) is 11.1 Å². The summed E-state index contributed by atoms with van der Waals surface area (Å²) >= 11 is 0. The van der Waals surface area contributed by atoms with Gasteiger partial charge in [-0.1, -0.05) is 72.8 Å². The summed E-state index contributed by atoms with van der Waals surface area (Å²) in [7, 11) is 0. The van der Waals surface area contributed by atoms with Crippen molar-refractivity contribution >= 4 is 12.4 Å². The minimum Gasteiger partial charge on any atom is -0.290 e. The lowest BCUT2D eigenvalue weighted by Crippen LogP contribution is -2.02. The zero-order valence-corrected chi connectivity index (χ0v) is 10.1. The lowest BCUT2D eigenvalue weighted by atomic mass is 9.99. The van der Waals surface area contributed by atoms with Crippen LogP contribution in [0.1, 0.15) is 11.1 Å². The Balaban J connectivity index is 2.02. The molecule has 2 aromatic rings. The van der Waals surface area contributed by atoms with Gasteiger partial charge in [-0.15, -0.1) is 0 Å². The molecule has 0 saturated carbocycles. The van der Waals surface area contributed by atoms with Crippen LogP contribution in [0.5, 0.6) is 0 Å². The topological polar surface area (TPSA) is 17.1 Å². The van der Waals surface area contributed by atoms with Crippen LogP contribution in [0.25, 0.3) is 6.08 Å². The molecule has 0 aliphatic carbocycles. The molecule has 0 aliphatic rings. The molecule has 0 spiro atoms. The first kappa shape index (κ1) is 12.3. The molecule has 2 rings (SSSR count). The third-order valence-corrected chi connectivity index (χ3v) is 2.77. The molecular weight excluding hydrogens is 220 g/mol. The van der Waals surface area contributed by atoms with Crippen LogP contribution in [0, 0.1) is 5.92 Å². The predicted octanol–water partition coefficient (Wildman–Crippen LogP) is 3.67. The minimum atomic E-state index is -0.187. The first-order chi connectivity index (χ1) is 8.88. The summed E-state index contributed by atoms with van der Waals surface area (Å²) in [6.45, 7) is 0. The highest BCUT2D eigenvalue weighted by atomic mass is 16.1. The van der Waals surface area contributed by atoms with Crippen LogP contribution in [0.2, 0.25) is 0 Å². The Morgan fingerprint density at radius 2 is 1.56 bits per heavy atom. The lowest BCUT2D eigenvalue weighted by molar-refractivity contribution is 0.537. The normalized spacial score (nSPS) is 12.4. The van der Waals surface area contributed by atoms with Crippen molar-refractivity contribution in [2.45, 2.75) is 6.42 Å². The molecule has 1 radical (unpaired) electrons. The molecule has 0 heterocycles. The summed E-state index contributed by atoms with van der Waals surface area (Å²) < 4.78 is 0. The van der Waals surface area contributed by atoms with Gasteiger partial charge < -0.3 is 0 Å². The van der Waals surface area contributed by atoms with E-state index in [4.69, 9.17) is 0 Å². The zero-order valence-electron chi connectivity index (χ0n) is 10.1. The van der Waals surface area contributed by atoms with Gasteiger partial charge in [-0.25, -0.2) is 0 Å². The first-order valence-electron chi connectivity index (χ1n) is 6.03. The van der Waals surface area contributed by atoms with Crippen LogP contribution >= 0.6 is 0 Å². The van der Waals surface area contributed by atoms with Gasteiger partial charge >= 0.3 is 0 Å². The molecule has 18 heavy (non-hydrogen) atoms. The third-order valence-electron chi connectivity index (χ3n) is 2.77. The van der Waals surface area contributed by atoms with E-state index in [-0.39, 0.29) is 5.92 Å². The van der Waals surface area contributed by atoms with Crippen molar-refractivity contribution in [1.82, 2.24) is 0 Å². The van der Waals surface area contributed by atoms with Gasteiger partial charge in [0.2, 0.25) is 6.29 Å². The van der Waals surface area contributed by atoms with Crippen LogP contribution in [-0.4, -0.2) is 6.29 Å². The van der Waals surface area contributed by atoms with Gasteiger partial charge in [0.15, 0.2) is 0 Å². The summed E-state index contributed by atoms with van der Waals surface area (Å²) in [6.07, 6.45) is 6.67. The van der Waals surface area contributed by atoms with Crippen LogP contribution < -0.4 is 0 Å². The fraction of sp³-hybridized carbons (Fsp3) is 0.118. The molecule has 0 aliphatic heterocycles. The predicted molar refractivity (Wildman–Crippen MR) is 74.8 cm³/mol. The SMILES string of the molecule is O=[C]C(/C=C/c1ccccc1)Cc1ccccc1. The Bertz CT molecular complexity index is 500. The van der Waals surface area contributed by atoms with Crippen molar-refractivity contribution in [3.63, 3.8) is 0 Å². The average molecular weight is 235 g/mol. The van der Waals surface area contributed by atoms with Crippen molar-refractivity contribution < 1.29 is 4.79 Å². The lowest BCUT2D eigenvalue weighted by Gasteiger charge is -2.04. The molecule has 1 unspecified atom stereocenters. The van der Waals surface area contributed by atoms with E-state index in [2.05, 4.69) is 6.29 Å². The minimum absolute atomic E-state index is 0.187. The van der Waals surface area contributed by atoms with Gasteiger partial charge in [0.1, 0.15) is 0 Å². The fourth-order valence-corrected chi connectivity index (χ4v) is 1.81. The number of rotatable bonds is 5. The number of benzene rings is 2. The van der Waals surface area contributed by atoms with E-state index in [9.17, 15) is 4.79 Å². The fourth-order valence-electron chi connectivity index (χ4n) is 1.81. The van der Waals surface area contributed by atoms with Gasteiger partial charge in [0.05, 0.1) is 0 Å². The second-order valence-electron chi connectivity index (χ2n) is 4.18. The van der Waals surface area contributed by atoms with Gasteiger partial charge in [-0.2, -0.15) is 0 Å². The number of allylic oxidation sites excluding steroid dienone is 1. The van der Waals surface area contributed by atoms with Crippen molar-refractivity contribution in [2.75, 3.05) is 0 Å². The molecule has 1 nitrogen and oxygen atoms in total. The smallest absolute Gasteiger partial charge is 0.206 e. The van der Waals surface area contributed by atoms with Gasteiger partial charge in [-0.05, 0) is 17.5 Å². The number of hydrogen-bond donors (Lipinski definition) is 0. The van der Waals surface area contributed by atoms with Crippen LogP contribution in [0.15, 0.2) is 66.7 Å². The molecule has 0 amide bonds. The summed E-state index contributed by atoms with van der Waals surface area (Å²) in [4.78, 5) is 11.0. The number of hydrogen-bond acceptors (Lipinski definition) is 1. The van der Waals surface area contributed by atoms with Crippen LogP contribution in [0.4, 0.5) is 0 Å².